The number of benzene rings is 1. The summed E-state index contributed by atoms with van der Waals surface area (Å²) >= 11 is 7.43. The topological polar surface area (TPSA) is 16.1 Å². The van der Waals surface area contributed by atoms with Crippen LogP contribution in [0, 0.1) is 6.92 Å². The SMILES string of the molecule is CCN(c1cccc(C)c1)c1nc(CCCl)cs1. The zero-order valence-electron chi connectivity index (χ0n) is 10.7. The molecule has 0 N–H and O–H groups in total. The van der Waals surface area contributed by atoms with Crippen molar-refractivity contribution in [2.24, 2.45) is 0 Å². The molecule has 2 nitrogen and oxygen atoms in total. The number of rotatable bonds is 5. The van der Waals surface area contributed by atoms with Gasteiger partial charge >= 0.3 is 0 Å². The Morgan fingerprint density at radius 2 is 2.22 bits per heavy atom. The van der Waals surface area contributed by atoms with Gasteiger partial charge in [-0.25, -0.2) is 4.98 Å². The molecule has 0 bridgehead atoms. The first-order chi connectivity index (χ1) is 8.74. The van der Waals surface area contributed by atoms with Crippen molar-refractivity contribution in [1.29, 1.82) is 0 Å². The van der Waals surface area contributed by atoms with Crippen LogP contribution in [0.25, 0.3) is 0 Å². The fourth-order valence-electron chi connectivity index (χ4n) is 1.86. The number of aryl methyl sites for hydroxylation is 2. The molecule has 0 saturated heterocycles. The van der Waals surface area contributed by atoms with Gasteiger partial charge in [-0.3, -0.25) is 0 Å². The van der Waals surface area contributed by atoms with Gasteiger partial charge in [0.25, 0.3) is 0 Å². The summed E-state index contributed by atoms with van der Waals surface area (Å²) in [5.74, 6) is 0.625. The van der Waals surface area contributed by atoms with Crippen LogP contribution in [0.5, 0.6) is 0 Å². The summed E-state index contributed by atoms with van der Waals surface area (Å²) in [5, 5.41) is 3.14. The van der Waals surface area contributed by atoms with E-state index in [4.69, 9.17) is 11.6 Å². The van der Waals surface area contributed by atoms with Gasteiger partial charge < -0.3 is 4.90 Å². The first-order valence-corrected chi connectivity index (χ1v) is 7.50. The molecule has 1 heterocycles. The van der Waals surface area contributed by atoms with Crippen molar-refractivity contribution >= 4 is 33.8 Å². The van der Waals surface area contributed by atoms with Crippen LogP contribution in [-0.2, 0) is 6.42 Å². The van der Waals surface area contributed by atoms with E-state index in [9.17, 15) is 0 Å². The third-order valence-electron chi connectivity index (χ3n) is 2.75. The first-order valence-electron chi connectivity index (χ1n) is 6.09. The molecule has 0 unspecified atom stereocenters. The maximum atomic E-state index is 5.75. The molecule has 18 heavy (non-hydrogen) atoms. The van der Waals surface area contributed by atoms with Gasteiger partial charge in [-0.05, 0) is 31.5 Å². The normalized spacial score (nSPS) is 10.6. The molecule has 0 amide bonds. The fourth-order valence-corrected chi connectivity index (χ4v) is 2.99. The molecule has 0 saturated carbocycles. The lowest BCUT2D eigenvalue weighted by Crippen LogP contribution is -2.15. The summed E-state index contributed by atoms with van der Waals surface area (Å²) in [5.41, 5.74) is 3.55. The molecule has 0 fully saturated rings. The molecule has 1 aromatic heterocycles. The van der Waals surface area contributed by atoms with Crippen LogP contribution in [0.1, 0.15) is 18.2 Å². The van der Waals surface area contributed by atoms with Gasteiger partial charge in [-0.15, -0.1) is 22.9 Å². The smallest absolute Gasteiger partial charge is 0.190 e. The third-order valence-corrected chi connectivity index (χ3v) is 3.85. The predicted molar refractivity (Wildman–Crippen MR) is 80.4 cm³/mol. The van der Waals surface area contributed by atoms with Crippen molar-refractivity contribution in [3.05, 3.63) is 40.9 Å². The molecule has 2 aromatic rings. The van der Waals surface area contributed by atoms with E-state index in [1.54, 1.807) is 11.3 Å². The Morgan fingerprint density at radius 3 is 2.89 bits per heavy atom. The Balaban J connectivity index is 2.27. The largest absolute Gasteiger partial charge is 0.318 e. The monoisotopic (exact) mass is 280 g/mol. The Bertz CT molecular complexity index is 510. The second kappa shape index (κ2) is 6.21. The number of thiazole rings is 1. The van der Waals surface area contributed by atoms with Crippen molar-refractivity contribution in [2.75, 3.05) is 17.3 Å². The van der Waals surface area contributed by atoms with Crippen LogP contribution in [0.2, 0.25) is 0 Å². The highest BCUT2D eigenvalue weighted by molar-refractivity contribution is 7.13. The molecular formula is C14H17ClN2S. The van der Waals surface area contributed by atoms with E-state index < -0.39 is 0 Å². The van der Waals surface area contributed by atoms with E-state index in [1.807, 2.05) is 0 Å². The van der Waals surface area contributed by atoms with Crippen LogP contribution >= 0.6 is 22.9 Å². The van der Waals surface area contributed by atoms with E-state index in [0.717, 1.165) is 23.8 Å². The zero-order chi connectivity index (χ0) is 13.0. The lowest BCUT2D eigenvalue weighted by Gasteiger charge is -2.20. The minimum atomic E-state index is 0.625. The number of hydrogen-bond donors (Lipinski definition) is 0. The number of halogens is 1. The van der Waals surface area contributed by atoms with Crippen LogP contribution < -0.4 is 4.90 Å². The minimum Gasteiger partial charge on any atom is -0.318 e. The maximum absolute atomic E-state index is 5.75. The number of aromatic nitrogens is 1. The molecule has 4 heteroatoms. The van der Waals surface area contributed by atoms with Gasteiger partial charge in [0.15, 0.2) is 5.13 Å². The predicted octanol–water partition coefficient (Wildman–Crippen LogP) is 4.39. The Hall–Kier alpha value is -1.06. The van der Waals surface area contributed by atoms with E-state index in [0.29, 0.717) is 5.88 Å². The molecule has 0 atom stereocenters. The molecule has 0 aliphatic rings. The van der Waals surface area contributed by atoms with E-state index in [1.165, 1.54) is 11.3 Å². The summed E-state index contributed by atoms with van der Waals surface area (Å²) in [6.45, 7) is 5.17. The van der Waals surface area contributed by atoms with E-state index in [2.05, 4.69) is 53.4 Å². The van der Waals surface area contributed by atoms with Gasteiger partial charge in [0.1, 0.15) is 0 Å². The van der Waals surface area contributed by atoms with E-state index in [-0.39, 0.29) is 0 Å². The first kappa shape index (κ1) is 13.4. The second-order valence-electron chi connectivity index (χ2n) is 4.14. The molecular weight excluding hydrogens is 264 g/mol. The van der Waals surface area contributed by atoms with Gasteiger partial charge in [0.2, 0.25) is 0 Å². The highest BCUT2D eigenvalue weighted by atomic mass is 35.5. The van der Waals surface area contributed by atoms with Gasteiger partial charge in [-0.2, -0.15) is 0 Å². The standard InChI is InChI=1S/C14H17ClN2S/c1-3-17(13-6-4-5-11(2)9-13)14-16-12(7-8-15)10-18-14/h4-6,9-10H,3,7-8H2,1-2H3. The number of nitrogens with zero attached hydrogens (tertiary/aromatic N) is 2. The molecule has 2 rings (SSSR count). The lowest BCUT2D eigenvalue weighted by molar-refractivity contribution is 0.984. The van der Waals surface area contributed by atoms with Crippen LogP contribution in [0.3, 0.4) is 0 Å². The summed E-state index contributed by atoms with van der Waals surface area (Å²) in [7, 11) is 0. The minimum absolute atomic E-state index is 0.625. The Kier molecular flexibility index (Phi) is 4.61. The van der Waals surface area contributed by atoms with Crippen molar-refractivity contribution in [2.45, 2.75) is 20.3 Å². The second-order valence-corrected chi connectivity index (χ2v) is 5.36. The highest BCUT2D eigenvalue weighted by Gasteiger charge is 2.11. The molecule has 0 aliphatic heterocycles. The number of hydrogen-bond acceptors (Lipinski definition) is 3. The molecule has 96 valence electrons. The van der Waals surface area contributed by atoms with Crippen LogP contribution in [-0.4, -0.2) is 17.4 Å². The quantitative estimate of drug-likeness (QED) is 0.755. The molecule has 0 aliphatic carbocycles. The average Bonchev–Trinajstić information content (AvgIpc) is 2.79. The summed E-state index contributed by atoms with van der Waals surface area (Å²) in [4.78, 5) is 6.87. The lowest BCUT2D eigenvalue weighted by atomic mass is 10.2. The fraction of sp³-hybridized carbons (Fsp3) is 0.357. The zero-order valence-corrected chi connectivity index (χ0v) is 12.3. The maximum Gasteiger partial charge on any atom is 0.190 e. The number of anilines is 2. The molecule has 0 spiro atoms. The summed E-state index contributed by atoms with van der Waals surface area (Å²) < 4.78 is 0. The Labute approximate surface area is 117 Å². The van der Waals surface area contributed by atoms with Gasteiger partial charge in [-0.1, -0.05) is 12.1 Å². The Morgan fingerprint density at radius 1 is 1.39 bits per heavy atom. The van der Waals surface area contributed by atoms with Crippen molar-refractivity contribution in [3.63, 3.8) is 0 Å². The van der Waals surface area contributed by atoms with Crippen molar-refractivity contribution in [3.8, 4) is 0 Å². The van der Waals surface area contributed by atoms with Crippen molar-refractivity contribution < 1.29 is 0 Å². The summed E-state index contributed by atoms with van der Waals surface area (Å²) in [6, 6.07) is 8.50. The van der Waals surface area contributed by atoms with E-state index >= 15 is 0 Å². The molecule has 1 aromatic carbocycles. The van der Waals surface area contributed by atoms with Crippen LogP contribution in [0.15, 0.2) is 29.6 Å². The number of alkyl halides is 1. The van der Waals surface area contributed by atoms with Crippen molar-refractivity contribution in [1.82, 2.24) is 4.98 Å². The summed E-state index contributed by atoms with van der Waals surface area (Å²) in [6.07, 6.45) is 0.837. The van der Waals surface area contributed by atoms with Crippen LogP contribution in [0.4, 0.5) is 10.8 Å². The molecule has 0 radical (unpaired) electrons. The average molecular weight is 281 g/mol. The third kappa shape index (κ3) is 3.03. The van der Waals surface area contributed by atoms with Gasteiger partial charge in [0, 0.05) is 29.9 Å². The van der Waals surface area contributed by atoms with Gasteiger partial charge in [0.05, 0.1) is 5.69 Å². The highest BCUT2D eigenvalue weighted by Crippen LogP contribution is 2.28.